The van der Waals surface area contributed by atoms with Crippen LogP contribution in [0.25, 0.3) is 22.6 Å². The second-order valence-corrected chi connectivity index (χ2v) is 8.27. The van der Waals surface area contributed by atoms with Crippen LogP contribution >= 0.6 is 0 Å². The molecule has 32 heavy (non-hydrogen) atoms. The van der Waals surface area contributed by atoms with Gasteiger partial charge in [0.15, 0.2) is 11.6 Å². The quantitative estimate of drug-likeness (QED) is 0.591. The molecule has 0 unspecified atom stereocenters. The van der Waals surface area contributed by atoms with Crippen molar-refractivity contribution < 1.29 is 10.2 Å². The molecular weight excluding hydrogens is 412 g/mol. The molecule has 2 aliphatic rings. The van der Waals surface area contributed by atoms with Crippen molar-refractivity contribution in [3.8, 4) is 22.6 Å². The van der Waals surface area contributed by atoms with E-state index >= 15 is 4.39 Å². The lowest BCUT2D eigenvalue weighted by Gasteiger charge is -2.33. The van der Waals surface area contributed by atoms with Gasteiger partial charge in [0.05, 0.1) is 22.6 Å². The number of pyridine rings is 2. The first-order chi connectivity index (χ1) is 15.9. The van der Waals surface area contributed by atoms with E-state index in [2.05, 4.69) is 24.8 Å². The molecule has 166 valence electrons. The van der Waals surface area contributed by atoms with Crippen molar-refractivity contribution in [2.45, 2.75) is 31.7 Å². The van der Waals surface area contributed by atoms with Gasteiger partial charge in [-0.2, -0.15) is 4.39 Å². The highest BCUT2D eigenvalue weighted by Crippen LogP contribution is 2.49. The standard InChI is InChI=1S/C23H25F2N7/c1-13(26)20-19(25)15(11-17(24)31-20)21-18(23-28-5-2-6-29-23)22(32-9-7-27-8-10-32)16(12-30-21)14-3-4-14/h2,5-6,11-14,27H,3-4,7-10,26H2,1H3/t13-/m1/s1/i/hD. The van der Waals surface area contributed by atoms with Crippen molar-refractivity contribution in [2.75, 3.05) is 31.1 Å². The molecule has 1 saturated heterocycles. The van der Waals surface area contributed by atoms with Crippen LogP contribution in [0.5, 0.6) is 0 Å². The fourth-order valence-electron chi connectivity index (χ4n) is 4.22. The summed E-state index contributed by atoms with van der Waals surface area (Å²) in [6.07, 6.45) is 7.12. The zero-order valence-corrected chi connectivity index (χ0v) is 17.8. The largest absolute Gasteiger partial charge is 0.368 e. The summed E-state index contributed by atoms with van der Waals surface area (Å²) in [5.74, 6) is -0.769. The van der Waals surface area contributed by atoms with Gasteiger partial charge in [0, 0.05) is 62.4 Å². The molecule has 1 atom stereocenters. The number of hydrogen-bond donors (Lipinski definition) is 2. The summed E-state index contributed by atoms with van der Waals surface area (Å²) in [7, 11) is 0. The van der Waals surface area contributed by atoms with Crippen LogP contribution < -0.4 is 15.9 Å². The summed E-state index contributed by atoms with van der Waals surface area (Å²) in [6, 6.07) is 1.98. The molecule has 0 bridgehead atoms. The van der Waals surface area contributed by atoms with Crippen LogP contribution in [-0.4, -0.2) is 46.1 Å². The van der Waals surface area contributed by atoms with Gasteiger partial charge in [-0.3, -0.25) is 4.98 Å². The summed E-state index contributed by atoms with van der Waals surface area (Å²) < 4.78 is 38.0. The molecule has 3 aromatic heterocycles. The van der Waals surface area contributed by atoms with Crippen LogP contribution in [0.4, 0.5) is 14.5 Å². The summed E-state index contributed by atoms with van der Waals surface area (Å²) in [5, 5.41) is 1.53. The molecule has 1 aliphatic heterocycles. The number of nitrogens with one attached hydrogen (secondary N) is 1. The average molecular weight is 439 g/mol. The minimum Gasteiger partial charge on any atom is -0.368 e. The SMILES string of the molecule is [2H]N1CCN(c2c(C3CC3)cnc(-c3cc(F)nc([C@@H](C)N)c3F)c2-c2ncccn2)CC1. The fourth-order valence-corrected chi connectivity index (χ4v) is 4.22. The number of piperazine rings is 1. The summed E-state index contributed by atoms with van der Waals surface area (Å²) in [5.41, 5.74) is 8.48. The summed E-state index contributed by atoms with van der Waals surface area (Å²) in [4.78, 5) is 19.4. The minimum atomic E-state index is -0.823. The van der Waals surface area contributed by atoms with Crippen molar-refractivity contribution in [3.05, 3.63) is 53.7 Å². The molecule has 0 radical (unpaired) electrons. The number of nitrogens with two attached hydrogens (primary N) is 1. The summed E-state index contributed by atoms with van der Waals surface area (Å²) >= 11 is 0. The number of hydrogen-bond acceptors (Lipinski definition) is 7. The number of rotatable bonds is 5. The first kappa shape index (κ1) is 19.6. The topological polar surface area (TPSA) is 92.8 Å². The van der Waals surface area contributed by atoms with Crippen molar-refractivity contribution in [1.29, 1.82) is 0 Å². The Morgan fingerprint density at radius 2 is 1.91 bits per heavy atom. The molecule has 0 spiro atoms. The predicted molar refractivity (Wildman–Crippen MR) is 118 cm³/mol. The van der Waals surface area contributed by atoms with Crippen LogP contribution in [0.2, 0.25) is 1.41 Å². The van der Waals surface area contributed by atoms with E-state index in [1.165, 1.54) is 5.31 Å². The Morgan fingerprint density at radius 3 is 2.56 bits per heavy atom. The Labute approximate surface area is 186 Å². The van der Waals surface area contributed by atoms with Crippen molar-refractivity contribution in [1.82, 2.24) is 25.2 Å². The van der Waals surface area contributed by atoms with E-state index in [0.717, 1.165) is 30.2 Å². The lowest BCUT2D eigenvalue weighted by atomic mass is 9.96. The van der Waals surface area contributed by atoms with E-state index in [0.29, 0.717) is 43.5 Å². The molecule has 9 heteroatoms. The van der Waals surface area contributed by atoms with E-state index in [1.54, 1.807) is 31.6 Å². The fraction of sp³-hybridized carbons (Fsp3) is 0.391. The molecule has 2 fully saturated rings. The van der Waals surface area contributed by atoms with Gasteiger partial charge in [-0.05, 0) is 37.3 Å². The maximum absolute atomic E-state index is 15.5. The third-order valence-corrected chi connectivity index (χ3v) is 5.90. The first-order valence-electron chi connectivity index (χ1n) is 11.3. The number of aromatic nitrogens is 4. The van der Waals surface area contributed by atoms with Crippen molar-refractivity contribution in [3.63, 3.8) is 0 Å². The van der Waals surface area contributed by atoms with Gasteiger partial charge in [0.1, 0.15) is 1.41 Å². The highest BCUT2D eigenvalue weighted by molar-refractivity contribution is 5.90. The first-order valence-corrected chi connectivity index (χ1v) is 10.8. The summed E-state index contributed by atoms with van der Waals surface area (Å²) in [6.45, 7) is 3.97. The van der Waals surface area contributed by atoms with Gasteiger partial charge in [0.25, 0.3) is 0 Å². The van der Waals surface area contributed by atoms with Gasteiger partial charge in [-0.1, -0.05) is 0 Å². The average Bonchev–Trinajstić information content (AvgIpc) is 3.66. The predicted octanol–water partition coefficient (Wildman–Crippen LogP) is 3.19. The third kappa shape index (κ3) is 3.82. The van der Waals surface area contributed by atoms with E-state index in [4.69, 9.17) is 7.15 Å². The van der Waals surface area contributed by atoms with E-state index in [9.17, 15) is 4.39 Å². The van der Waals surface area contributed by atoms with E-state index in [1.807, 2.05) is 0 Å². The third-order valence-electron chi connectivity index (χ3n) is 5.90. The van der Waals surface area contributed by atoms with Crippen LogP contribution in [0.1, 0.15) is 43.0 Å². The number of halogens is 2. The molecule has 3 N–H and O–H groups in total. The van der Waals surface area contributed by atoms with Crippen LogP contribution in [0.15, 0.2) is 30.7 Å². The zero-order valence-electron chi connectivity index (χ0n) is 18.8. The van der Waals surface area contributed by atoms with E-state index < -0.39 is 17.8 Å². The van der Waals surface area contributed by atoms with Crippen LogP contribution in [-0.2, 0) is 0 Å². The van der Waals surface area contributed by atoms with Gasteiger partial charge < -0.3 is 15.9 Å². The second-order valence-electron chi connectivity index (χ2n) is 8.27. The molecule has 4 heterocycles. The lowest BCUT2D eigenvalue weighted by molar-refractivity contribution is 0.530. The van der Waals surface area contributed by atoms with Gasteiger partial charge >= 0.3 is 0 Å². The molecule has 0 aromatic carbocycles. The molecule has 1 aliphatic carbocycles. The normalized spacial score (nSPS) is 18.5. The van der Waals surface area contributed by atoms with Crippen LogP contribution in [0, 0.1) is 11.8 Å². The Hall–Kier alpha value is -3.04. The maximum Gasteiger partial charge on any atom is 0.213 e. The molecular formula is C23H25F2N7. The molecule has 5 rings (SSSR count). The Balaban J connectivity index is 1.79. The molecule has 7 nitrogen and oxygen atoms in total. The van der Waals surface area contributed by atoms with Crippen molar-refractivity contribution in [2.24, 2.45) is 5.73 Å². The molecule has 3 aromatic rings. The zero-order chi connectivity index (χ0) is 23.1. The maximum atomic E-state index is 15.5. The Bertz CT molecular complexity index is 1160. The monoisotopic (exact) mass is 438 g/mol. The lowest BCUT2D eigenvalue weighted by Crippen LogP contribution is -2.44. The van der Waals surface area contributed by atoms with Crippen LogP contribution in [0.3, 0.4) is 0 Å². The smallest absolute Gasteiger partial charge is 0.213 e. The highest BCUT2D eigenvalue weighted by atomic mass is 19.1. The van der Waals surface area contributed by atoms with Gasteiger partial charge in [0.2, 0.25) is 5.95 Å². The molecule has 0 amide bonds. The number of anilines is 1. The second kappa shape index (κ2) is 8.48. The van der Waals surface area contributed by atoms with Crippen molar-refractivity contribution >= 4 is 5.69 Å². The van der Waals surface area contributed by atoms with E-state index in [-0.39, 0.29) is 17.0 Å². The molecule has 1 saturated carbocycles. The number of nitrogens with zero attached hydrogens (tertiary/aromatic N) is 5. The Morgan fingerprint density at radius 1 is 1.19 bits per heavy atom. The highest BCUT2D eigenvalue weighted by Gasteiger charge is 2.33. The minimum absolute atomic E-state index is 0.0139. The van der Waals surface area contributed by atoms with Gasteiger partial charge in [-0.15, -0.1) is 0 Å². The Kier molecular flexibility index (Phi) is 5.20. The van der Waals surface area contributed by atoms with Gasteiger partial charge in [-0.25, -0.2) is 19.3 Å².